The Morgan fingerprint density at radius 1 is 1.28 bits per heavy atom. The number of nitrogen functional groups attached to an aromatic ring is 1. The van der Waals surface area contributed by atoms with Crippen LogP contribution in [0.1, 0.15) is 19.4 Å². The van der Waals surface area contributed by atoms with E-state index in [9.17, 15) is 5.11 Å². The summed E-state index contributed by atoms with van der Waals surface area (Å²) in [5.74, 6) is 2.24. The number of aliphatic hydroxyl groups is 1. The third-order valence-corrected chi connectivity index (χ3v) is 4.38. The van der Waals surface area contributed by atoms with Crippen molar-refractivity contribution in [3.63, 3.8) is 0 Å². The maximum Gasteiger partial charge on any atom is 0.163 e. The highest BCUT2D eigenvalue weighted by Gasteiger charge is 2.16. The van der Waals surface area contributed by atoms with Gasteiger partial charge in [-0.25, -0.2) is 0 Å². The number of benzene rings is 1. The molecular weight excluding hydrogens is 250 g/mol. The average Bonchev–Trinajstić information content (AvgIpc) is 2.35. The minimum absolute atomic E-state index is 0.178. The summed E-state index contributed by atoms with van der Waals surface area (Å²) in [6.45, 7) is 4.95. The Bertz CT molecular complexity index is 423. The van der Waals surface area contributed by atoms with Crippen molar-refractivity contribution >= 4 is 17.4 Å². The molecule has 0 amide bonds. The molecule has 1 aliphatic heterocycles. The Kier molecular flexibility index (Phi) is 4.24. The molecular formula is C13H19NO3S. The normalized spacial score (nSPS) is 17.3. The second-order valence-electron chi connectivity index (χ2n) is 4.45. The molecule has 100 valence electrons. The third-order valence-electron chi connectivity index (χ3n) is 2.99. The lowest BCUT2D eigenvalue weighted by molar-refractivity contribution is 0.171. The summed E-state index contributed by atoms with van der Waals surface area (Å²) in [6, 6.07) is 3.75. The van der Waals surface area contributed by atoms with Gasteiger partial charge < -0.3 is 20.3 Å². The summed E-state index contributed by atoms with van der Waals surface area (Å²) in [4.78, 5) is 0. The van der Waals surface area contributed by atoms with Crippen LogP contribution in [0.25, 0.3) is 0 Å². The molecule has 1 aliphatic rings. The van der Waals surface area contributed by atoms with Crippen LogP contribution in [0.15, 0.2) is 12.1 Å². The van der Waals surface area contributed by atoms with Crippen LogP contribution in [0.4, 0.5) is 5.69 Å². The van der Waals surface area contributed by atoms with Crippen molar-refractivity contribution < 1.29 is 14.6 Å². The molecule has 2 unspecified atom stereocenters. The first-order chi connectivity index (χ1) is 8.58. The molecule has 5 heteroatoms. The number of fused-ring (bicyclic) bond motifs is 1. The van der Waals surface area contributed by atoms with Crippen molar-refractivity contribution in [3.8, 4) is 11.5 Å². The van der Waals surface area contributed by atoms with Crippen LogP contribution in [0.3, 0.4) is 0 Å². The Hall–Kier alpha value is -1.07. The van der Waals surface area contributed by atoms with Crippen LogP contribution in [-0.4, -0.2) is 29.7 Å². The Balaban J connectivity index is 2.08. The molecule has 0 aromatic heterocycles. The van der Waals surface area contributed by atoms with E-state index >= 15 is 0 Å². The fraction of sp³-hybridized carbons (Fsp3) is 0.538. The lowest BCUT2D eigenvalue weighted by Gasteiger charge is -2.21. The molecule has 3 N–H and O–H groups in total. The first-order valence-electron chi connectivity index (χ1n) is 6.05. The Labute approximate surface area is 111 Å². The van der Waals surface area contributed by atoms with Crippen LogP contribution in [0.2, 0.25) is 0 Å². The van der Waals surface area contributed by atoms with Crippen molar-refractivity contribution in [1.82, 2.24) is 0 Å². The third kappa shape index (κ3) is 3.03. The van der Waals surface area contributed by atoms with Gasteiger partial charge in [0, 0.05) is 22.8 Å². The standard InChI is InChI=1S/C13H19NO3S/c1-8(15)9(2)18-7-10-5-12-13(6-11(10)14)17-4-3-16-12/h5-6,8-9,15H,3-4,7,14H2,1-2H3. The first kappa shape index (κ1) is 13.4. The quantitative estimate of drug-likeness (QED) is 0.819. The van der Waals surface area contributed by atoms with Crippen LogP contribution in [-0.2, 0) is 5.75 Å². The summed E-state index contributed by atoms with van der Waals surface area (Å²) < 4.78 is 11.0. The SMILES string of the molecule is CC(O)C(C)SCc1cc2c(cc1N)OCCO2. The molecule has 0 bridgehead atoms. The van der Waals surface area contributed by atoms with E-state index in [1.54, 1.807) is 18.7 Å². The molecule has 0 fully saturated rings. The van der Waals surface area contributed by atoms with E-state index in [1.807, 2.05) is 19.1 Å². The van der Waals surface area contributed by atoms with Crippen LogP contribution in [0.5, 0.6) is 11.5 Å². The number of aliphatic hydroxyl groups excluding tert-OH is 1. The lowest BCUT2D eigenvalue weighted by Crippen LogP contribution is -2.17. The number of nitrogens with two attached hydrogens (primary N) is 1. The number of hydrogen-bond acceptors (Lipinski definition) is 5. The molecule has 0 saturated carbocycles. The zero-order chi connectivity index (χ0) is 13.1. The van der Waals surface area contributed by atoms with Gasteiger partial charge in [0.1, 0.15) is 13.2 Å². The highest BCUT2D eigenvalue weighted by molar-refractivity contribution is 7.99. The highest BCUT2D eigenvalue weighted by atomic mass is 32.2. The van der Waals surface area contributed by atoms with Gasteiger partial charge in [-0.15, -0.1) is 0 Å². The van der Waals surface area contributed by atoms with Gasteiger partial charge in [-0.1, -0.05) is 6.92 Å². The van der Waals surface area contributed by atoms with E-state index in [2.05, 4.69) is 0 Å². The number of hydrogen-bond donors (Lipinski definition) is 2. The van der Waals surface area contributed by atoms with Gasteiger partial charge in [-0.05, 0) is 18.6 Å². The molecule has 1 aromatic carbocycles. The highest BCUT2D eigenvalue weighted by Crippen LogP contribution is 2.36. The Morgan fingerprint density at radius 2 is 1.89 bits per heavy atom. The van der Waals surface area contributed by atoms with Crippen LogP contribution >= 0.6 is 11.8 Å². The van der Waals surface area contributed by atoms with E-state index < -0.39 is 0 Å². The second-order valence-corrected chi connectivity index (χ2v) is 5.82. The van der Waals surface area contributed by atoms with E-state index in [0.29, 0.717) is 18.9 Å². The fourth-order valence-corrected chi connectivity index (χ4v) is 2.60. The maximum atomic E-state index is 9.46. The van der Waals surface area contributed by atoms with Crippen LogP contribution < -0.4 is 15.2 Å². The zero-order valence-electron chi connectivity index (χ0n) is 10.7. The van der Waals surface area contributed by atoms with E-state index in [-0.39, 0.29) is 11.4 Å². The van der Waals surface area contributed by atoms with Gasteiger partial charge in [0.2, 0.25) is 0 Å². The summed E-state index contributed by atoms with van der Waals surface area (Å²) in [5, 5.41) is 9.64. The number of thioether (sulfide) groups is 1. The van der Waals surface area contributed by atoms with Crippen molar-refractivity contribution in [2.24, 2.45) is 0 Å². The van der Waals surface area contributed by atoms with Gasteiger partial charge in [0.25, 0.3) is 0 Å². The van der Waals surface area contributed by atoms with Gasteiger partial charge in [-0.3, -0.25) is 0 Å². The van der Waals surface area contributed by atoms with Crippen molar-refractivity contribution in [2.75, 3.05) is 18.9 Å². The molecule has 1 aromatic rings. The van der Waals surface area contributed by atoms with Gasteiger partial charge in [0.05, 0.1) is 6.10 Å². The molecule has 0 spiro atoms. The van der Waals surface area contributed by atoms with E-state index in [0.717, 1.165) is 22.8 Å². The maximum absolute atomic E-state index is 9.46. The topological polar surface area (TPSA) is 64.7 Å². The number of anilines is 1. The molecule has 2 atom stereocenters. The molecule has 18 heavy (non-hydrogen) atoms. The second kappa shape index (κ2) is 5.71. The van der Waals surface area contributed by atoms with E-state index in [4.69, 9.17) is 15.2 Å². The van der Waals surface area contributed by atoms with Gasteiger partial charge in [-0.2, -0.15) is 11.8 Å². The molecule has 4 nitrogen and oxygen atoms in total. The first-order valence-corrected chi connectivity index (χ1v) is 7.10. The van der Waals surface area contributed by atoms with Crippen molar-refractivity contribution in [2.45, 2.75) is 31.0 Å². The minimum atomic E-state index is -0.326. The summed E-state index contributed by atoms with van der Waals surface area (Å²) in [7, 11) is 0. The van der Waals surface area contributed by atoms with E-state index in [1.165, 1.54) is 0 Å². The molecule has 1 heterocycles. The minimum Gasteiger partial charge on any atom is -0.486 e. The van der Waals surface area contributed by atoms with Crippen molar-refractivity contribution in [1.29, 1.82) is 0 Å². The summed E-state index contributed by atoms with van der Waals surface area (Å²) in [6.07, 6.45) is -0.326. The summed E-state index contributed by atoms with van der Waals surface area (Å²) in [5.41, 5.74) is 7.73. The largest absolute Gasteiger partial charge is 0.486 e. The predicted octanol–water partition coefficient (Wildman–Crippen LogP) is 2.04. The smallest absolute Gasteiger partial charge is 0.163 e. The molecule has 0 radical (unpaired) electrons. The molecule has 0 saturated heterocycles. The lowest BCUT2D eigenvalue weighted by atomic mass is 10.2. The number of rotatable bonds is 4. The van der Waals surface area contributed by atoms with Crippen molar-refractivity contribution in [3.05, 3.63) is 17.7 Å². The monoisotopic (exact) mass is 269 g/mol. The van der Waals surface area contributed by atoms with Crippen LogP contribution in [0, 0.1) is 0 Å². The Morgan fingerprint density at radius 3 is 2.50 bits per heavy atom. The predicted molar refractivity (Wildman–Crippen MR) is 74.3 cm³/mol. The molecule has 2 rings (SSSR count). The fourth-order valence-electron chi connectivity index (χ4n) is 1.63. The van der Waals surface area contributed by atoms with Gasteiger partial charge in [0.15, 0.2) is 11.5 Å². The number of ether oxygens (including phenoxy) is 2. The zero-order valence-corrected chi connectivity index (χ0v) is 11.5. The molecule has 0 aliphatic carbocycles. The van der Waals surface area contributed by atoms with Gasteiger partial charge >= 0.3 is 0 Å². The summed E-state index contributed by atoms with van der Waals surface area (Å²) >= 11 is 1.68. The average molecular weight is 269 g/mol.